The van der Waals surface area contributed by atoms with Crippen molar-refractivity contribution in [1.82, 2.24) is 14.5 Å². The molecule has 4 rings (SSSR count). The number of likely N-dealkylation sites (tertiary alicyclic amines) is 1. The molecule has 140 valence electrons. The van der Waals surface area contributed by atoms with Crippen molar-refractivity contribution in [3.63, 3.8) is 0 Å². The molecule has 1 aliphatic rings. The van der Waals surface area contributed by atoms with E-state index in [0.717, 1.165) is 43.1 Å². The molecule has 6 nitrogen and oxygen atoms in total. The van der Waals surface area contributed by atoms with Crippen molar-refractivity contribution in [3.8, 4) is 0 Å². The molecule has 0 amide bonds. The number of imidazole rings is 1. The molecule has 0 saturated carbocycles. The Kier molecular flexibility index (Phi) is 4.90. The maximum atomic E-state index is 10.8. The minimum atomic E-state index is -0.350. The van der Waals surface area contributed by atoms with E-state index in [2.05, 4.69) is 39.6 Å². The zero-order chi connectivity index (χ0) is 18.8. The van der Waals surface area contributed by atoms with Crippen molar-refractivity contribution >= 4 is 16.7 Å². The van der Waals surface area contributed by atoms with Gasteiger partial charge in [-0.05, 0) is 56.5 Å². The molecule has 6 heteroatoms. The van der Waals surface area contributed by atoms with Crippen molar-refractivity contribution in [2.75, 3.05) is 13.1 Å². The topological polar surface area (TPSA) is 64.2 Å². The SMILES string of the molecule is Cc1nc2ccccc2n1CC1CCN(Cc2ccc([N+](=O)[O-])cc2)CC1. The number of nitrogens with zero attached hydrogens (tertiary/aromatic N) is 4. The smallest absolute Gasteiger partial charge is 0.269 e. The summed E-state index contributed by atoms with van der Waals surface area (Å²) in [6, 6.07) is 15.3. The second-order valence-corrected chi connectivity index (χ2v) is 7.40. The Bertz CT molecular complexity index is 940. The minimum Gasteiger partial charge on any atom is -0.328 e. The molecule has 27 heavy (non-hydrogen) atoms. The first-order valence-corrected chi connectivity index (χ1v) is 9.48. The predicted octanol–water partition coefficient (Wildman–Crippen LogP) is 4.17. The average molecular weight is 364 g/mol. The van der Waals surface area contributed by atoms with E-state index in [1.807, 2.05) is 18.2 Å². The summed E-state index contributed by atoms with van der Waals surface area (Å²) in [7, 11) is 0. The molecule has 1 aromatic heterocycles. The Morgan fingerprint density at radius 3 is 2.52 bits per heavy atom. The molecule has 0 aliphatic carbocycles. The van der Waals surface area contributed by atoms with E-state index in [-0.39, 0.29) is 10.6 Å². The van der Waals surface area contributed by atoms with Gasteiger partial charge in [-0.1, -0.05) is 24.3 Å². The second-order valence-electron chi connectivity index (χ2n) is 7.40. The lowest BCUT2D eigenvalue weighted by molar-refractivity contribution is -0.384. The van der Waals surface area contributed by atoms with E-state index in [1.54, 1.807) is 12.1 Å². The number of fused-ring (bicyclic) bond motifs is 1. The van der Waals surface area contributed by atoms with Crippen LogP contribution in [0, 0.1) is 23.0 Å². The minimum absolute atomic E-state index is 0.153. The highest BCUT2D eigenvalue weighted by Crippen LogP contribution is 2.24. The Balaban J connectivity index is 1.35. The highest BCUT2D eigenvalue weighted by molar-refractivity contribution is 5.75. The summed E-state index contributed by atoms with van der Waals surface area (Å²) in [5.74, 6) is 1.75. The molecule has 1 aliphatic heterocycles. The van der Waals surface area contributed by atoms with Gasteiger partial charge in [-0.3, -0.25) is 15.0 Å². The zero-order valence-electron chi connectivity index (χ0n) is 15.5. The summed E-state index contributed by atoms with van der Waals surface area (Å²) in [4.78, 5) is 17.5. The van der Waals surface area contributed by atoms with Crippen molar-refractivity contribution in [2.45, 2.75) is 32.9 Å². The van der Waals surface area contributed by atoms with Crippen LogP contribution in [-0.2, 0) is 13.1 Å². The van der Waals surface area contributed by atoms with Crippen LogP contribution in [0.5, 0.6) is 0 Å². The van der Waals surface area contributed by atoms with Crippen molar-refractivity contribution in [1.29, 1.82) is 0 Å². The Morgan fingerprint density at radius 1 is 1.11 bits per heavy atom. The Morgan fingerprint density at radius 2 is 1.81 bits per heavy atom. The highest BCUT2D eigenvalue weighted by Gasteiger charge is 2.21. The number of para-hydroxylation sites is 2. The van der Waals surface area contributed by atoms with Crippen LogP contribution in [0.3, 0.4) is 0 Å². The number of non-ortho nitro benzene ring substituents is 1. The van der Waals surface area contributed by atoms with Gasteiger partial charge in [-0.15, -0.1) is 0 Å². The number of aromatic nitrogens is 2. The lowest BCUT2D eigenvalue weighted by Gasteiger charge is -2.32. The van der Waals surface area contributed by atoms with Gasteiger partial charge in [-0.25, -0.2) is 4.98 Å². The van der Waals surface area contributed by atoms with Gasteiger partial charge in [0.1, 0.15) is 5.82 Å². The molecule has 0 radical (unpaired) electrons. The summed E-state index contributed by atoms with van der Waals surface area (Å²) in [5, 5.41) is 10.8. The number of rotatable bonds is 5. The molecule has 2 aromatic carbocycles. The van der Waals surface area contributed by atoms with Gasteiger partial charge in [0.25, 0.3) is 5.69 Å². The molecule has 1 saturated heterocycles. The maximum absolute atomic E-state index is 10.8. The van der Waals surface area contributed by atoms with Gasteiger partial charge < -0.3 is 4.57 Å². The number of nitro benzene ring substituents is 1. The van der Waals surface area contributed by atoms with Crippen LogP contribution < -0.4 is 0 Å². The third-order valence-corrected chi connectivity index (χ3v) is 5.55. The fourth-order valence-corrected chi connectivity index (χ4v) is 3.99. The van der Waals surface area contributed by atoms with Crippen LogP contribution in [0.4, 0.5) is 5.69 Å². The van der Waals surface area contributed by atoms with Crippen LogP contribution in [0.2, 0.25) is 0 Å². The van der Waals surface area contributed by atoms with Crippen LogP contribution in [0.1, 0.15) is 24.2 Å². The van der Waals surface area contributed by atoms with Gasteiger partial charge >= 0.3 is 0 Å². The number of hydrogen-bond acceptors (Lipinski definition) is 4. The molecule has 0 N–H and O–H groups in total. The largest absolute Gasteiger partial charge is 0.328 e. The average Bonchev–Trinajstić information content (AvgIpc) is 2.99. The third kappa shape index (κ3) is 3.85. The van der Waals surface area contributed by atoms with E-state index in [4.69, 9.17) is 0 Å². The summed E-state index contributed by atoms with van der Waals surface area (Å²) >= 11 is 0. The summed E-state index contributed by atoms with van der Waals surface area (Å²) in [6.45, 7) is 6.10. The van der Waals surface area contributed by atoms with Gasteiger partial charge in [0, 0.05) is 25.2 Å². The monoisotopic (exact) mass is 364 g/mol. The van der Waals surface area contributed by atoms with Crippen LogP contribution in [0.25, 0.3) is 11.0 Å². The van der Waals surface area contributed by atoms with E-state index in [9.17, 15) is 10.1 Å². The quantitative estimate of drug-likeness (QED) is 0.504. The van der Waals surface area contributed by atoms with E-state index in [0.29, 0.717) is 5.92 Å². The first-order chi connectivity index (χ1) is 13.1. The van der Waals surface area contributed by atoms with Gasteiger partial charge in [-0.2, -0.15) is 0 Å². The molecule has 0 unspecified atom stereocenters. The highest BCUT2D eigenvalue weighted by atomic mass is 16.6. The van der Waals surface area contributed by atoms with Gasteiger partial charge in [0.05, 0.1) is 16.0 Å². The molecule has 3 aromatic rings. The number of benzene rings is 2. The molecule has 0 bridgehead atoms. The normalized spacial score (nSPS) is 16.0. The Labute approximate surface area is 158 Å². The van der Waals surface area contributed by atoms with Crippen molar-refractivity contribution in [3.05, 3.63) is 70.0 Å². The van der Waals surface area contributed by atoms with Crippen LogP contribution in [-0.4, -0.2) is 32.5 Å². The maximum Gasteiger partial charge on any atom is 0.269 e. The lowest BCUT2D eigenvalue weighted by atomic mass is 9.96. The lowest BCUT2D eigenvalue weighted by Crippen LogP contribution is -2.34. The summed E-state index contributed by atoms with van der Waals surface area (Å²) in [6.07, 6.45) is 2.33. The van der Waals surface area contributed by atoms with Crippen LogP contribution in [0.15, 0.2) is 48.5 Å². The number of hydrogen-bond donors (Lipinski definition) is 0. The standard InChI is InChI=1S/C21H24N4O2/c1-16-22-20-4-2-3-5-21(20)24(16)15-18-10-12-23(13-11-18)14-17-6-8-19(9-7-17)25(26)27/h2-9,18H,10-15H2,1H3. The van der Waals surface area contributed by atoms with E-state index >= 15 is 0 Å². The fourth-order valence-electron chi connectivity index (χ4n) is 3.99. The van der Waals surface area contributed by atoms with Crippen molar-refractivity contribution < 1.29 is 4.92 Å². The fraction of sp³-hybridized carbons (Fsp3) is 0.381. The molecule has 0 spiro atoms. The third-order valence-electron chi connectivity index (χ3n) is 5.55. The van der Waals surface area contributed by atoms with E-state index < -0.39 is 0 Å². The van der Waals surface area contributed by atoms with Gasteiger partial charge in [0.15, 0.2) is 0 Å². The van der Waals surface area contributed by atoms with E-state index in [1.165, 1.54) is 18.4 Å². The molecular weight excluding hydrogens is 340 g/mol. The molecule has 1 fully saturated rings. The number of piperidine rings is 1. The summed E-state index contributed by atoms with van der Waals surface area (Å²) < 4.78 is 2.35. The second kappa shape index (κ2) is 7.48. The Hall–Kier alpha value is -2.73. The first kappa shape index (κ1) is 17.7. The van der Waals surface area contributed by atoms with Crippen LogP contribution >= 0.6 is 0 Å². The molecule has 0 atom stereocenters. The molecular formula is C21H24N4O2. The predicted molar refractivity (Wildman–Crippen MR) is 106 cm³/mol. The first-order valence-electron chi connectivity index (χ1n) is 9.48. The number of aryl methyl sites for hydroxylation is 1. The summed E-state index contributed by atoms with van der Waals surface area (Å²) in [5.41, 5.74) is 3.59. The number of nitro groups is 1. The van der Waals surface area contributed by atoms with Gasteiger partial charge in [0.2, 0.25) is 0 Å². The van der Waals surface area contributed by atoms with Crippen molar-refractivity contribution in [2.24, 2.45) is 5.92 Å². The molecule has 2 heterocycles. The zero-order valence-corrected chi connectivity index (χ0v) is 15.5.